The van der Waals surface area contributed by atoms with Crippen LogP contribution < -0.4 is 5.32 Å². The van der Waals surface area contributed by atoms with Gasteiger partial charge in [0.25, 0.3) is 5.91 Å². The van der Waals surface area contributed by atoms with Crippen molar-refractivity contribution in [3.63, 3.8) is 0 Å². The van der Waals surface area contributed by atoms with Crippen LogP contribution in [-0.4, -0.2) is 17.7 Å². The van der Waals surface area contributed by atoms with Gasteiger partial charge in [-0.25, -0.2) is 4.39 Å². The van der Waals surface area contributed by atoms with Crippen molar-refractivity contribution in [1.82, 2.24) is 5.32 Å². The summed E-state index contributed by atoms with van der Waals surface area (Å²) in [5.74, 6) is -0.513. The summed E-state index contributed by atoms with van der Waals surface area (Å²) in [5, 5.41) is 6.87. The first-order chi connectivity index (χ1) is 11.1. The predicted octanol–water partition coefficient (Wildman–Crippen LogP) is 3.20. The molecule has 1 amide bonds. The van der Waals surface area contributed by atoms with Gasteiger partial charge in [-0.05, 0) is 30.2 Å². The Morgan fingerprint density at radius 3 is 2.61 bits per heavy atom. The Labute approximate surface area is 134 Å². The third kappa shape index (κ3) is 3.56. The van der Waals surface area contributed by atoms with E-state index in [1.807, 2.05) is 37.3 Å². The number of carbonyl (C=O) groups is 1. The summed E-state index contributed by atoms with van der Waals surface area (Å²) < 4.78 is 12.9. The number of nitrogens with one attached hydrogen (secondary N) is 1. The summed E-state index contributed by atoms with van der Waals surface area (Å²) >= 11 is 0. The Kier molecular flexibility index (Phi) is 4.37. The second-order valence-electron chi connectivity index (χ2n) is 5.48. The average molecular weight is 312 g/mol. The lowest BCUT2D eigenvalue weighted by molar-refractivity contribution is -0.131. The van der Waals surface area contributed by atoms with Crippen molar-refractivity contribution in [3.05, 3.63) is 71.5 Å². The van der Waals surface area contributed by atoms with Gasteiger partial charge in [0.1, 0.15) is 5.82 Å². The van der Waals surface area contributed by atoms with E-state index in [9.17, 15) is 9.18 Å². The molecule has 1 N–H and O–H groups in total. The van der Waals surface area contributed by atoms with Crippen molar-refractivity contribution in [2.75, 3.05) is 0 Å². The molecule has 0 aromatic heterocycles. The predicted molar refractivity (Wildman–Crippen MR) is 85.4 cm³/mol. The second-order valence-corrected chi connectivity index (χ2v) is 5.48. The van der Waals surface area contributed by atoms with E-state index in [2.05, 4.69) is 10.5 Å². The summed E-state index contributed by atoms with van der Waals surface area (Å²) in [6, 6.07) is 15.6. The molecule has 3 rings (SSSR count). The smallest absolute Gasteiger partial charge is 0.264 e. The molecule has 2 aromatic carbocycles. The molecule has 118 valence electrons. The highest BCUT2D eigenvalue weighted by Crippen LogP contribution is 2.19. The first-order valence-corrected chi connectivity index (χ1v) is 7.47. The molecule has 0 spiro atoms. The molecule has 1 aliphatic heterocycles. The Hall–Kier alpha value is -2.69. The summed E-state index contributed by atoms with van der Waals surface area (Å²) in [4.78, 5) is 17.5. The number of oxime groups is 1. The molecule has 23 heavy (non-hydrogen) atoms. The van der Waals surface area contributed by atoms with Crippen LogP contribution in [0.2, 0.25) is 0 Å². The van der Waals surface area contributed by atoms with Crippen LogP contribution in [0.15, 0.2) is 59.8 Å². The fourth-order valence-electron chi connectivity index (χ4n) is 2.46. The molecule has 4 nitrogen and oxygen atoms in total. The van der Waals surface area contributed by atoms with Crippen molar-refractivity contribution < 1.29 is 14.0 Å². The summed E-state index contributed by atoms with van der Waals surface area (Å²) in [6.07, 6.45) is -0.278. The van der Waals surface area contributed by atoms with E-state index in [1.54, 1.807) is 12.1 Å². The molecule has 0 saturated carbocycles. The third-order valence-corrected chi connectivity index (χ3v) is 3.80. The highest BCUT2D eigenvalue weighted by molar-refractivity contribution is 6.04. The van der Waals surface area contributed by atoms with Gasteiger partial charge in [-0.15, -0.1) is 0 Å². The molecule has 1 aliphatic rings. The van der Waals surface area contributed by atoms with Gasteiger partial charge in [0.15, 0.2) is 0 Å². The molecule has 0 aliphatic carbocycles. The molecule has 2 aromatic rings. The Morgan fingerprint density at radius 1 is 1.22 bits per heavy atom. The van der Waals surface area contributed by atoms with Gasteiger partial charge < -0.3 is 10.2 Å². The Bertz CT molecular complexity index is 714. The molecule has 0 fully saturated rings. The topological polar surface area (TPSA) is 50.7 Å². The molecule has 5 heteroatoms. The van der Waals surface area contributed by atoms with Gasteiger partial charge in [0, 0.05) is 6.42 Å². The summed E-state index contributed by atoms with van der Waals surface area (Å²) in [6.45, 7) is 1.92. The van der Waals surface area contributed by atoms with Crippen LogP contribution in [-0.2, 0) is 9.63 Å². The molecule has 0 unspecified atom stereocenters. The maximum Gasteiger partial charge on any atom is 0.264 e. The molecule has 0 saturated heterocycles. The normalized spacial score (nSPS) is 18.0. The maximum absolute atomic E-state index is 12.9. The minimum absolute atomic E-state index is 0.109. The summed E-state index contributed by atoms with van der Waals surface area (Å²) in [7, 11) is 0. The Morgan fingerprint density at radius 2 is 1.91 bits per heavy atom. The number of rotatable bonds is 4. The molecule has 1 heterocycles. The maximum atomic E-state index is 12.9. The van der Waals surface area contributed by atoms with Gasteiger partial charge in [-0.1, -0.05) is 47.6 Å². The molecule has 2 atom stereocenters. The zero-order chi connectivity index (χ0) is 16.2. The van der Waals surface area contributed by atoms with E-state index in [4.69, 9.17) is 4.84 Å². The van der Waals surface area contributed by atoms with E-state index in [0.29, 0.717) is 12.1 Å². The zero-order valence-electron chi connectivity index (χ0n) is 12.7. The standard InChI is InChI=1S/C18H17FN2O2/c1-12(13-5-3-2-4-6-13)20-18(22)17-11-16(21-23-17)14-7-9-15(19)10-8-14/h2-10,12,17H,11H2,1H3,(H,20,22)/t12-,17-/m0/s1. The van der Waals surface area contributed by atoms with Crippen molar-refractivity contribution in [2.24, 2.45) is 5.16 Å². The number of benzene rings is 2. The highest BCUT2D eigenvalue weighted by Gasteiger charge is 2.29. The van der Waals surface area contributed by atoms with Crippen LogP contribution >= 0.6 is 0 Å². The van der Waals surface area contributed by atoms with Crippen molar-refractivity contribution in [3.8, 4) is 0 Å². The number of hydrogen-bond acceptors (Lipinski definition) is 3. The first kappa shape index (κ1) is 15.2. The van der Waals surface area contributed by atoms with E-state index < -0.39 is 6.10 Å². The largest absolute Gasteiger partial charge is 0.382 e. The molecular weight excluding hydrogens is 295 g/mol. The van der Waals surface area contributed by atoms with Crippen molar-refractivity contribution in [1.29, 1.82) is 0 Å². The van der Waals surface area contributed by atoms with Crippen LogP contribution in [0.4, 0.5) is 4.39 Å². The lowest BCUT2D eigenvalue weighted by atomic mass is 10.0. The number of hydrogen-bond donors (Lipinski definition) is 1. The van der Waals surface area contributed by atoms with E-state index >= 15 is 0 Å². The van der Waals surface area contributed by atoms with Crippen LogP contribution in [0, 0.1) is 5.82 Å². The quantitative estimate of drug-likeness (QED) is 0.942. The van der Waals surface area contributed by atoms with E-state index in [1.165, 1.54) is 12.1 Å². The van der Waals surface area contributed by atoms with E-state index in [-0.39, 0.29) is 17.8 Å². The number of carbonyl (C=O) groups excluding carboxylic acids is 1. The van der Waals surface area contributed by atoms with Gasteiger partial charge in [-0.3, -0.25) is 4.79 Å². The fourth-order valence-corrected chi connectivity index (χ4v) is 2.46. The third-order valence-electron chi connectivity index (χ3n) is 3.80. The van der Waals surface area contributed by atoms with E-state index in [0.717, 1.165) is 11.1 Å². The second kappa shape index (κ2) is 6.60. The fraction of sp³-hybridized carbons (Fsp3) is 0.222. The molecular formula is C18H17FN2O2. The SMILES string of the molecule is C[C@H](NC(=O)[C@@H]1CC(c2ccc(F)cc2)=NO1)c1ccccc1. The van der Waals surface area contributed by atoms with Crippen LogP contribution in [0.25, 0.3) is 0 Å². The lowest BCUT2D eigenvalue weighted by Crippen LogP contribution is -2.36. The number of halogens is 1. The number of amides is 1. The molecule has 0 bridgehead atoms. The van der Waals surface area contributed by atoms with Gasteiger partial charge in [0.05, 0.1) is 11.8 Å². The average Bonchev–Trinajstić information content (AvgIpc) is 3.06. The van der Waals surface area contributed by atoms with Crippen LogP contribution in [0.3, 0.4) is 0 Å². The van der Waals surface area contributed by atoms with Gasteiger partial charge in [-0.2, -0.15) is 0 Å². The number of nitrogens with zero attached hydrogens (tertiary/aromatic N) is 1. The lowest BCUT2D eigenvalue weighted by Gasteiger charge is -2.16. The first-order valence-electron chi connectivity index (χ1n) is 7.47. The summed E-state index contributed by atoms with van der Waals surface area (Å²) in [5.41, 5.74) is 2.44. The molecule has 0 radical (unpaired) electrons. The zero-order valence-corrected chi connectivity index (χ0v) is 12.7. The minimum atomic E-state index is -0.652. The van der Waals surface area contributed by atoms with Gasteiger partial charge >= 0.3 is 0 Å². The van der Waals surface area contributed by atoms with Gasteiger partial charge in [0.2, 0.25) is 6.10 Å². The van der Waals surface area contributed by atoms with Crippen molar-refractivity contribution >= 4 is 11.6 Å². The monoisotopic (exact) mass is 312 g/mol. The van der Waals surface area contributed by atoms with Crippen LogP contribution in [0.1, 0.15) is 30.5 Å². The minimum Gasteiger partial charge on any atom is -0.382 e. The highest BCUT2D eigenvalue weighted by atomic mass is 19.1. The Balaban J connectivity index is 1.59. The van der Waals surface area contributed by atoms with Crippen LogP contribution in [0.5, 0.6) is 0 Å². The van der Waals surface area contributed by atoms with Crippen molar-refractivity contribution in [2.45, 2.75) is 25.5 Å².